The number of halogens is 1. The Hall–Kier alpha value is -3.14. The number of carbonyl (C=O) groups excluding carboxylic acids is 1. The van der Waals surface area contributed by atoms with E-state index < -0.39 is 0 Å². The normalized spacial score (nSPS) is 10.7. The number of rotatable bonds is 7. The van der Waals surface area contributed by atoms with Crippen LogP contribution in [0.1, 0.15) is 35.3 Å². The molecule has 0 saturated carbocycles. The molecule has 3 aromatic rings. The Morgan fingerprint density at radius 1 is 0.893 bits per heavy atom. The Bertz CT molecular complexity index is 890. The van der Waals surface area contributed by atoms with Crippen molar-refractivity contribution >= 4 is 5.91 Å². The van der Waals surface area contributed by atoms with Gasteiger partial charge in [-0.25, -0.2) is 4.39 Å². The molecule has 1 amide bonds. The minimum atomic E-state index is -0.348. The van der Waals surface area contributed by atoms with Gasteiger partial charge < -0.3 is 9.64 Å². The molecule has 3 nitrogen and oxygen atoms in total. The molecule has 0 aliphatic heterocycles. The Labute approximate surface area is 165 Å². The molecule has 0 bridgehead atoms. The van der Waals surface area contributed by atoms with E-state index in [-0.39, 0.29) is 17.8 Å². The van der Waals surface area contributed by atoms with Crippen LogP contribution >= 0.6 is 0 Å². The van der Waals surface area contributed by atoms with Gasteiger partial charge in [0.05, 0.1) is 0 Å². The van der Waals surface area contributed by atoms with Gasteiger partial charge in [0.1, 0.15) is 18.2 Å². The summed E-state index contributed by atoms with van der Waals surface area (Å²) in [4.78, 5) is 14.6. The van der Waals surface area contributed by atoms with Crippen LogP contribution in [0, 0.1) is 5.82 Å². The summed E-state index contributed by atoms with van der Waals surface area (Å²) in [5.74, 6) is 0.326. The van der Waals surface area contributed by atoms with Crippen molar-refractivity contribution < 1.29 is 13.9 Å². The average molecular weight is 377 g/mol. The molecule has 0 atom stereocenters. The van der Waals surface area contributed by atoms with Crippen LogP contribution in [-0.4, -0.2) is 16.8 Å². The topological polar surface area (TPSA) is 29.5 Å². The van der Waals surface area contributed by atoms with Crippen molar-refractivity contribution in [2.75, 3.05) is 0 Å². The van der Waals surface area contributed by atoms with E-state index in [1.54, 1.807) is 4.90 Å². The molecular formula is C24H24FNO2. The highest BCUT2D eigenvalue weighted by atomic mass is 19.1. The van der Waals surface area contributed by atoms with Gasteiger partial charge in [-0.05, 0) is 61.4 Å². The second-order valence-electron chi connectivity index (χ2n) is 6.95. The van der Waals surface area contributed by atoms with Crippen LogP contribution in [0.2, 0.25) is 0 Å². The van der Waals surface area contributed by atoms with Gasteiger partial charge in [0.15, 0.2) is 0 Å². The second-order valence-corrected chi connectivity index (χ2v) is 6.95. The quantitative estimate of drug-likeness (QED) is 0.547. The van der Waals surface area contributed by atoms with Crippen LogP contribution in [0.5, 0.6) is 5.75 Å². The molecule has 3 rings (SSSR count). The fourth-order valence-corrected chi connectivity index (χ4v) is 2.88. The number of hydrogen-bond acceptors (Lipinski definition) is 2. The average Bonchev–Trinajstić information content (AvgIpc) is 2.72. The molecule has 0 radical (unpaired) electrons. The molecule has 28 heavy (non-hydrogen) atoms. The smallest absolute Gasteiger partial charge is 0.254 e. The lowest BCUT2D eigenvalue weighted by molar-refractivity contribution is 0.0690. The number of amides is 1. The second kappa shape index (κ2) is 9.18. The number of hydrogen-bond donors (Lipinski definition) is 0. The Morgan fingerprint density at radius 3 is 2.14 bits per heavy atom. The molecule has 144 valence electrons. The van der Waals surface area contributed by atoms with Crippen molar-refractivity contribution in [1.82, 2.24) is 4.90 Å². The fraction of sp³-hybridized carbons (Fsp3) is 0.208. The number of carbonyl (C=O) groups is 1. The molecule has 0 aliphatic rings. The predicted octanol–water partition coefficient (Wildman–Crippen LogP) is 5.46. The summed E-state index contributed by atoms with van der Waals surface area (Å²) in [6.45, 7) is 4.94. The van der Waals surface area contributed by atoms with Crippen LogP contribution in [0.4, 0.5) is 4.39 Å². The maximum absolute atomic E-state index is 13.1. The molecule has 0 fully saturated rings. The molecule has 0 heterocycles. The van der Waals surface area contributed by atoms with Crippen molar-refractivity contribution in [1.29, 1.82) is 0 Å². The largest absolute Gasteiger partial charge is 0.489 e. The lowest BCUT2D eigenvalue weighted by Gasteiger charge is -2.27. The Balaban J connectivity index is 1.64. The number of benzene rings is 3. The van der Waals surface area contributed by atoms with Gasteiger partial charge >= 0.3 is 0 Å². The summed E-state index contributed by atoms with van der Waals surface area (Å²) in [6.07, 6.45) is 0. The van der Waals surface area contributed by atoms with Gasteiger partial charge in [-0.1, -0.05) is 42.5 Å². The molecular weight excluding hydrogens is 353 g/mol. The van der Waals surface area contributed by atoms with Crippen molar-refractivity contribution in [3.8, 4) is 5.75 Å². The molecule has 0 N–H and O–H groups in total. The Morgan fingerprint density at radius 2 is 1.54 bits per heavy atom. The zero-order valence-electron chi connectivity index (χ0n) is 16.1. The van der Waals surface area contributed by atoms with Crippen molar-refractivity contribution in [2.24, 2.45) is 0 Å². The summed E-state index contributed by atoms with van der Waals surface area (Å²) in [5.41, 5.74) is 2.61. The first-order chi connectivity index (χ1) is 13.5. The summed E-state index contributed by atoms with van der Waals surface area (Å²) < 4.78 is 18.9. The van der Waals surface area contributed by atoms with Crippen LogP contribution < -0.4 is 4.74 Å². The molecule has 0 unspecified atom stereocenters. The summed E-state index contributed by atoms with van der Waals surface area (Å²) in [7, 11) is 0. The minimum Gasteiger partial charge on any atom is -0.489 e. The van der Waals surface area contributed by atoms with E-state index in [4.69, 9.17) is 4.74 Å². The van der Waals surface area contributed by atoms with Crippen molar-refractivity contribution in [3.05, 3.63) is 101 Å². The SMILES string of the molecule is CC(C)N(Cc1ccc(OCc2ccccc2)cc1)C(=O)c1ccc(F)cc1. The van der Waals surface area contributed by atoms with Crippen molar-refractivity contribution in [3.63, 3.8) is 0 Å². The van der Waals surface area contributed by atoms with Crippen LogP contribution in [0.15, 0.2) is 78.9 Å². The minimum absolute atomic E-state index is 0.0200. The molecule has 0 spiro atoms. The summed E-state index contributed by atoms with van der Waals surface area (Å²) >= 11 is 0. The third kappa shape index (κ3) is 5.19. The van der Waals surface area contributed by atoms with Gasteiger partial charge in [0.2, 0.25) is 0 Å². The fourth-order valence-electron chi connectivity index (χ4n) is 2.88. The maximum atomic E-state index is 13.1. The first kappa shape index (κ1) is 19.6. The molecule has 0 aliphatic carbocycles. The van der Waals surface area contributed by atoms with E-state index in [1.807, 2.05) is 68.4 Å². The highest BCUT2D eigenvalue weighted by Gasteiger charge is 2.19. The van der Waals surface area contributed by atoms with Gasteiger partial charge in [0.25, 0.3) is 5.91 Å². The third-order valence-corrected chi connectivity index (χ3v) is 4.50. The lowest BCUT2D eigenvalue weighted by atomic mass is 10.1. The van der Waals surface area contributed by atoms with Gasteiger partial charge in [-0.15, -0.1) is 0 Å². The van der Waals surface area contributed by atoms with Crippen LogP contribution in [0.3, 0.4) is 0 Å². The van der Waals surface area contributed by atoms with E-state index in [0.717, 1.165) is 16.9 Å². The number of ether oxygens (including phenoxy) is 1. The first-order valence-electron chi connectivity index (χ1n) is 9.35. The van der Waals surface area contributed by atoms with E-state index in [9.17, 15) is 9.18 Å². The maximum Gasteiger partial charge on any atom is 0.254 e. The predicted molar refractivity (Wildman–Crippen MR) is 109 cm³/mol. The van der Waals surface area contributed by atoms with E-state index in [0.29, 0.717) is 18.7 Å². The van der Waals surface area contributed by atoms with E-state index >= 15 is 0 Å². The van der Waals surface area contributed by atoms with Crippen LogP contribution in [0.25, 0.3) is 0 Å². The summed E-state index contributed by atoms with van der Waals surface area (Å²) in [5, 5.41) is 0. The molecule has 0 saturated heterocycles. The molecule has 4 heteroatoms. The first-order valence-corrected chi connectivity index (χ1v) is 9.35. The monoisotopic (exact) mass is 377 g/mol. The van der Waals surface area contributed by atoms with Crippen molar-refractivity contribution in [2.45, 2.75) is 33.0 Å². The van der Waals surface area contributed by atoms with E-state index in [1.165, 1.54) is 24.3 Å². The van der Waals surface area contributed by atoms with Gasteiger partial charge in [-0.3, -0.25) is 4.79 Å². The number of nitrogens with zero attached hydrogens (tertiary/aromatic N) is 1. The standard InChI is InChI=1S/C24H24FNO2/c1-18(2)26(24(27)21-10-12-22(25)13-11-21)16-19-8-14-23(15-9-19)28-17-20-6-4-3-5-7-20/h3-15,18H,16-17H2,1-2H3. The summed E-state index contributed by atoms with van der Waals surface area (Å²) in [6, 6.07) is 23.4. The van der Waals surface area contributed by atoms with E-state index in [2.05, 4.69) is 0 Å². The molecule has 3 aromatic carbocycles. The lowest BCUT2D eigenvalue weighted by Crippen LogP contribution is -2.36. The molecule has 0 aromatic heterocycles. The van der Waals surface area contributed by atoms with Gasteiger partial charge in [0, 0.05) is 18.2 Å². The highest BCUT2D eigenvalue weighted by molar-refractivity contribution is 5.94. The Kier molecular flexibility index (Phi) is 6.43. The zero-order valence-corrected chi connectivity index (χ0v) is 16.1. The third-order valence-electron chi connectivity index (χ3n) is 4.50. The highest BCUT2D eigenvalue weighted by Crippen LogP contribution is 2.18. The van der Waals surface area contributed by atoms with Crippen LogP contribution in [-0.2, 0) is 13.2 Å². The zero-order chi connectivity index (χ0) is 19.9. The van der Waals surface area contributed by atoms with Gasteiger partial charge in [-0.2, -0.15) is 0 Å².